The average molecular weight is 489 g/mol. The smallest absolute Gasteiger partial charge is 0.191 e. The number of hydrogen-bond donors (Lipinski definition) is 3. The maximum atomic E-state index is 9.56. The van der Waals surface area contributed by atoms with Gasteiger partial charge in [0.2, 0.25) is 0 Å². The van der Waals surface area contributed by atoms with Crippen molar-refractivity contribution in [3.8, 4) is 5.75 Å². The van der Waals surface area contributed by atoms with Crippen molar-refractivity contribution in [3.63, 3.8) is 0 Å². The Morgan fingerprint density at radius 1 is 1.22 bits per heavy atom. The van der Waals surface area contributed by atoms with Crippen LogP contribution in [0, 0.1) is 5.41 Å². The van der Waals surface area contributed by atoms with Gasteiger partial charge in [0.15, 0.2) is 5.96 Å². The Morgan fingerprint density at radius 2 is 2.00 bits per heavy atom. The molecule has 0 saturated heterocycles. The van der Waals surface area contributed by atoms with Crippen molar-refractivity contribution >= 4 is 29.9 Å². The van der Waals surface area contributed by atoms with Gasteiger partial charge in [-0.3, -0.25) is 4.99 Å². The minimum atomic E-state index is 0. The highest BCUT2D eigenvalue weighted by Gasteiger charge is 2.33. The monoisotopic (exact) mass is 489 g/mol. The Kier molecular flexibility index (Phi) is 11.7. The molecule has 3 N–H and O–H groups in total. The second-order valence-electron chi connectivity index (χ2n) is 7.20. The predicted molar refractivity (Wildman–Crippen MR) is 123 cm³/mol. The first-order chi connectivity index (χ1) is 12.7. The van der Waals surface area contributed by atoms with Crippen LogP contribution in [-0.2, 0) is 11.2 Å². The molecule has 2 rings (SSSR count). The fourth-order valence-electron chi connectivity index (χ4n) is 3.67. The Labute approximate surface area is 181 Å². The van der Waals surface area contributed by atoms with Crippen molar-refractivity contribution in [3.05, 3.63) is 29.8 Å². The van der Waals surface area contributed by atoms with E-state index < -0.39 is 0 Å². The molecule has 1 aliphatic carbocycles. The SMILES string of the molecule is CCNC(=NCC1(CCOCC)CCCC1)NCCc1cccc(O)c1.I. The normalized spacial score (nSPS) is 16.0. The molecule has 5 nitrogen and oxygen atoms in total. The number of phenolic OH excluding ortho intramolecular Hbond substituents is 1. The zero-order chi connectivity index (χ0) is 18.7. The summed E-state index contributed by atoms with van der Waals surface area (Å²) in [5.74, 6) is 1.20. The van der Waals surface area contributed by atoms with E-state index in [2.05, 4.69) is 24.5 Å². The number of rotatable bonds is 10. The van der Waals surface area contributed by atoms with E-state index in [4.69, 9.17) is 9.73 Å². The van der Waals surface area contributed by atoms with Crippen molar-refractivity contribution < 1.29 is 9.84 Å². The van der Waals surface area contributed by atoms with E-state index >= 15 is 0 Å². The number of hydrogen-bond acceptors (Lipinski definition) is 3. The van der Waals surface area contributed by atoms with Gasteiger partial charge in [0.25, 0.3) is 0 Å². The van der Waals surface area contributed by atoms with Crippen LogP contribution in [0.1, 0.15) is 51.5 Å². The van der Waals surface area contributed by atoms with E-state index in [1.165, 1.54) is 25.7 Å². The van der Waals surface area contributed by atoms with E-state index in [9.17, 15) is 5.11 Å². The summed E-state index contributed by atoms with van der Waals surface area (Å²) in [6, 6.07) is 7.43. The molecule has 1 fully saturated rings. The molecule has 0 amide bonds. The number of aromatic hydroxyl groups is 1. The van der Waals surface area contributed by atoms with Crippen molar-refractivity contribution in [2.45, 2.75) is 52.4 Å². The molecule has 154 valence electrons. The molecule has 27 heavy (non-hydrogen) atoms. The van der Waals surface area contributed by atoms with Crippen LogP contribution in [0.15, 0.2) is 29.3 Å². The van der Waals surface area contributed by atoms with Gasteiger partial charge < -0.3 is 20.5 Å². The zero-order valence-electron chi connectivity index (χ0n) is 16.8. The quantitative estimate of drug-likeness (QED) is 0.201. The van der Waals surface area contributed by atoms with Gasteiger partial charge in [-0.25, -0.2) is 0 Å². The molecule has 1 aliphatic rings. The minimum Gasteiger partial charge on any atom is -0.508 e. The molecule has 0 aliphatic heterocycles. The molecule has 0 unspecified atom stereocenters. The van der Waals surface area contributed by atoms with Gasteiger partial charge in [0.1, 0.15) is 5.75 Å². The van der Waals surface area contributed by atoms with Crippen molar-refractivity contribution in [1.29, 1.82) is 0 Å². The summed E-state index contributed by atoms with van der Waals surface area (Å²) >= 11 is 0. The zero-order valence-corrected chi connectivity index (χ0v) is 19.1. The van der Waals surface area contributed by atoms with Gasteiger partial charge in [0.05, 0.1) is 0 Å². The van der Waals surface area contributed by atoms with Crippen LogP contribution < -0.4 is 10.6 Å². The fourth-order valence-corrected chi connectivity index (χ4v) is 3.67. The van der Waals surface area contributed by atoms with Gasteiger partial charge in [0, 0.05) is 32.8 Å². The van der Waals surface area contributed by atoms with Crippen LogP contribution in [0.3, 0.4) is 0 Å². The van der Waals surface area contributed by atoms with Gasteiger partial charge >= 0.3 is 0 Å². The van der Waals surface area contributed by atoms with E-state index in [1.54, 1.807) is 6.07 Å². The van der Waals surface area contributed by atoms with Gasteiger partial charge in [-0.05, 0) is 62.6 Å². The average Bonchev–Trinajstić information content (AvgIpc) is 3.09. The number of nitrogens with zero attached hydrogens (tertiary/aromatic N) is 1. The molecule has 0 spiro atoms. The van der Waals surface area contributed by atoms with Crippen molar-refractivity contribution in [2.75, 3.05) is 32.8 Å². The van der Waals surface area contributed by atoms with Crippen LogP contribution >= 0.6 is 24.0 Å². The summed E-state index contributed by atoms with van der Waals surface area (Å²) in [6.45, 7) is 8.28. The molecular weight excluding hydrogens is 453 g/mol. The Morgan fingerprint density at radius 3 is 2.67 bits per heavy atom. The molecular formula is C21H36IN3O2. The highest BCUT2D eigenvalue weighted by Crippen LogP contribution is 2.41. The lowest BCUT2D eigenvalue weighted by molar-refractivity contribution is 0.107. The molecule has 6 heteroatoms. The van der Waals surface area contributed by atoms with E-state index in [0.717, 1.165) is 57.2 Å². The molecule has 1 saturated carbocycles. The number of ether oxygens (including phenoxy) is 1. The first kappa shape index (κ1) is 24.0. The third kappa shape index (κ3) is 8.68. The first-order valence-electron chi connectivity index (χ1n) is 10.1. The molecule has 0 heterocycles. The van der Waals surface area contributed by atoms with Gasteiger partial charge in [-0.15, -0.1) is 24.0 Å². The molecule has 0 bridgehead atoms. The number of halogens is 1. The lowest BCUT2D eigenvalue weighted by Gasteiger charge is -2.27. The second-order valence-corrected chi connectivity index (χ2v) is 7.20. The Bertz CT molecular complexity index is 560. The number of guanidine groups is 1. The molecule has 0 radical (unpaired) electrons. The highest BCUT2D eigenvalue weighted by molar-refractivity contribution is 14.0. The summed E-state index contributed by atoms with van der Waals surface area (Å²) in [5, 5.41) is 16.3. The van der Waals surface area contributed by atoms with Crippen LogP contribution in [0.25, 0.3) is 0 Å². The Balaban J connectivity index is 0.00000364. The summed E-state index contributed by atoms with van der Waals surface area (Å²) < 4.78 is 5.60. The van der Waals surface area contributed by atoms with Crippen molar-refractivity contribution in [2.24, 2.45) is 10.4 Å². The minimum absolute atomic E-state index is 0. The largest absolute Gasteiger partial charge is 0.508 e. The maximum absolute atomic E-state index is 9.56. The summed E-state index contributed by atoms with van der Waals surface area (Å²) in [4.78, 5) is 4.88. The summed E-state index contributed by atoms with van der Waals surface area (Å²) in [6.07, 6.45) is 7.09. The topological polar surface area (TPSA) is 65.9 Å². The van der Waals surface area contributed by atoms with E-state index in [-0.39, 0.29) is 24.0 Å². The molecule has 1 aromatic rings. The van der Waals surface area contributed by atoms with Gasteiger partial charge in [-0.2, -0.15) is 0 Å². The highest BCUT2D eigenvalue weighted by atomic mass is 127. The first-order valence-corrected chi connectivity index (χ1v) is 10.1. The molecule has 0 aromatic heterocycles. The number of nitrogens with one attached hydrogen (secondary N) is 2. The molecule has 1 aromatic carbocycles. The lowest BCUT2D eigenvalue weighted by Crippen LogP contribution is -2.39. The number of phenols is 1. The van der Waals surface area contributed by atoms with Crippen LogP contribution in [0.4, 0.5) is 0 Å². The standard InChI is InChI=1S/C21H35N3O2.HI/c1-3-22-20(23-14-10-18-8-7-9-19(25)16-18)24-17-21(11-5-6-12-21)13-15-26-4-2;/h7-9,16,25H,3-6,10-15,17H2,1-2H3,(H2,22,23,24);1H. The number of aliphatic imine (C=N–C) groups is 1. The third-order valence-electron chi connectivity index (χ3n) is 5.18. The lowest BCUT2D eigenvalue weighted by atomic mass is 9.83. The van der Waals surface area contributed by atoms with E-state index in [1.807, 2.05) is 18.2 Å². The van der Waals surface area contributed by atoms with Crippen LogP contribution in [0.2, 0.25) is 0 Å². The van der Waals surface area contributed by atoms with Gasteiger partial charge in [-0.1, -0.05) is 25.0 Å². The Hall–Kier alpha value is -1.02. The van der Waals surface area contributed by atoms with Crippen LogP contribution in [-0.4, -0.2) is 43.9 Å². The third-order valence-corrected chi connectivity index (χ3v) is 5.18. The van der Waals surface area contributed by atoms with E-state index in [0.29, 0.717) is 11.2 Å². The van der Waals surface area contributed by atoms with Crippen LogP contribution in [0.5, 0.6) is 5.75 Å². The summed E-state index contributed by atoms with van der Waals surface area (Å²) in [5.41, 5.74) is 1.43. The fraction of sp³-hybridized carbons (Fsp3) is 0.667. The molecule has 0 atom stereocenters. The number of benzene rings is 1. The second kappa shape index (κ2) is 13.2. The van der Waals surface area contributed by atoms with Crippen molar-refractivity contribution in [1.82, 2.24) is 10.6 Å². The predicted octanol–water partition coefficient (Wildman–Crippen LogP) is 4.09. The maximum Gasteiger partial charge on any atom is 0.191 e. The summed E-state index contributed by atoms with van der Waals surface area (Å²) in [7, 11) is 0.